The Bertz CT molecular complexity index is 1140. The fourth-order valence-corrected chi connectivity index (χ4v) is 4.78. The SMILES string of the molecule is Fc1ccc(Cc2nnc(N3CCN(c4ccc(C(F)(F)F)cn4)CC3)c3c2CCCC3)cc1. The van der Waals surface area contributed by atoms with Gasteiger partial charge in [-0.25, -0.2) is 9.37 Å². The van der Waals surface area contributed by atoms with E-state index in [1.807, 2.05) is 4.90 Å². The first-order valence-electron chi connectivity index (χ1n) is 11.5. The molecule has 1 aliphatic heterocycles. The van der Waals surface area contributed by atoms with Crippen LogP contribution in [0, 0.1) is 5.82 Å². The molecule has 0 N–H and O–H groups in total. The molecular weight excluding hydrogens is 446 g/mol. The van der Waals surface area contributed by atoms with Crippen LogP contribution in [-0.4, -0.2) is 41.4 Å². The summed E-state index contributed by atoms with van der Waals surface area (Å²) in [6, 6.07) is 9.02. The van der Waals surface area contributed by atoms with E-state index < -0.39 is 11.7 Å². The Kier molecular flexibility index (Phi) is 6.10. The topological polar surface area (TPSA) is 45.2 Å². The number of rotatable bonds is 4. The number of hydrogen-bond donors (Lipinski definition) is 0. The molecule has 1 saturated heterocycles. The molecule has 0 spiro atoms. The highest BCUT2D eigenvalue weighted by molar-refractivity contribution is 5.54. The van der Waals surface area contributed by atoms with Crippen molar-refractivity contribution < 1.29 is 17.6 Å². The fraction of sp³-hybridized carbons (Fsp3) is 0.400. The molecule has 0 radical (unpaired) electrons. The van der Waals surface area contributed by atoms with Gasteiger partial charge in [0.2, 0.25) is 0 Å². The van der Waals surface area contributed by atoms with E-state index in [9.17, 15) is 17.6 Å². The zero-order chi connectivity index (χ0) is 23.7. The molecular formula is C25H25F4N5. The van der Waals surface area contributed by atoms with Crippen molar-refractivity contribution in [3.8, 4) is 0 Å². The lowest BCUT2D eigenvalue weighted by Gasteiger charge is -2.37. The number of benzene rings is 1. The van der Waals surface area contributed by atoms with Gasteiger partial charge in [-0.1, -0.05) is 12.1 Å². The fourth-order valence-electron chi connectivity index (χ4n) is 4.78. The maximum Gasteiger partial charge on any atom is 0.417 e. The summed E-state index contributed by atoms with van der Waals surface area (Å²) < 4.78 is 51.7. The molecule has 1 aliphatic carbocycles. The van der Waals surface area contributed by atoms with Gasteiger partial charge in [-0.3, -0.25) is 0 Å². The Labute approximate surface area is 195 Å². The molecule has 1 aromatic carbocycles. The van der Waals surface area contributed by atoms with E-state index in [2.05, 4.69) is 20.1 Å². The molecule has 34 heavy (non-hydrogen) atoms. The third-order valence-corrected chi connectivity index (χ3v) is 6.61. The van der Waals surface area contributed by atoms with Crippen molar-refractivity contribution in [1.29, 1.82) is 0 Å². The average Bonchev–Trinajstić information content (AvgIpc) is 2.85. The molecule has 0 saturated carbocycles. The van der Waals surface area contributed by atoms with E-state index in [1.165, 1.54) is 29.3 Å². The van der Waals surface area contributed by atoms with Gasteiger partial charge < -0.3 is 9.80 Å². The number of fused-ring (bicyclic) bond motifs is 1. The van der Waals surface area contributed by atoms with Gasteiger partial charge in [0.25, 0.3) is 0 Å². The van der Waals surface area contributed by atoms with Crippen molar-refractivity contribution in [3.05, 3.63) is 76.4 Å². The van der Waals surface area contributed by atoms with Crippen LogP contribution in [0.4, 0.5) is 29.2 Å². The van der Waals surface area contributed by atoms with E-state index in [1.54, 1.807) is 12.1 Å². The molecule has 0 unspecified atom stereocenters. The molecule has 1 fully saturated rings. The Hall–Kier alpha value is -3.23. The van der Waals surface area contributed by atoms with Crippen LogP contribution in [0.2, 0.25) is 0 Å². The Morgan fingerprint density at radius 3 is 2.12 bits per heavy atom. The summed E-state index contributed by atoms with van der Waals surface area (Å²) in [5.74, 6) is 1.21. The van der Waals surface area contributed by atoms with Gasteiger partial charge in [-0.2, -0.15) is 18.3 Å². The number of hydrogen-bond acceptors (Lipinski definition) is 5. The maximum absolute atomic E-state index is 13.3. The standard InChI is InChI=1S/C25H25F4N5/c26-19-8-5-17(6-9-19)15-22-20-3-1-2-4-21(20)24(32-31-22)34-13-11-33(12-14-34)23-10-7-18(16-30-23)25(27,28)29/h5-10,16H,1-4,11-15H2. The first kappa shape index (κ1) is 22.6. The number of anilines is 2. The summed E-state index contributed by atoms with van der Waals surface area (Å²) in [7, 11) is 0. The molecule has 3 heterocycles. The number of piperazine rings is 1. The van der Waals surface area contributed by atoms with E-state index in [0.717, 1.165) is 55.0 Å². The number of pyridine rings is 1. The second-order valence-corrected chi connectivity index (χ2v) is 8.81. The van der Waals surface area contributed by atoms with Crippen molar-refractivity contribution in [2.24, 2.45) is 0 Å². The average molecular weight is 472 g/mol. The smallest absolute Gasteiger partial charge is 0.353 e. The lowest BCUT2D eigenvalue weighted by Crippen LogP contribution is -2.47. The minimum Gasteiger partial charge on any atom is -0.353 e. The number of aromatic nitrogens is 3. The van der Waals surface area contributed by atoms with Crippen molar-refractivity contribution in [2.75, 3.05) is 36.0 Å². The second kappa shape index (κ2) is 9.19. The molecule has 2 aromatic heterocycles. The van der Waals surface area contributed by atoms with Crippen LogP contribution in [-0.2, 0) is 25.4 Å². The largest absolute Gasteiger partial charge is 0.417 e. The Morgan fingerprint density at radius 1 is 0.794 bits per heavy atom. The lowest BCUT2D eigenvalue weighted by molar-refractivity contribution is -0.137. The molecule has 0 amide bonds. The summed E-state index contributed by atoms with van der Waals surface area (Å²) in [4.78, 5) is 8.25. The molecule has 5 rings (SSSR count). The molecule has 178 valence electrons. The van der Waals surface area contributed by atoms with Gasteiger partial charge in [-0.15, -0.1) is 5.10 Å². The van der Waals surface area contributed by atoms with Crippen LogP contribution < -0.4 is 9.80 Å². The number of nitrogens with zero attached hydrogens (tertiary/aromatic N) is 5. The zero-order valence-electron chi connectivity index (χ0n) is 18.7. The van der Waals surface area contributed by atoms with Gasteiger partial charge in [-0.05, 0) is 61.1 Å². The molecule has 0 atom stereocenters. The van der Waals surface area contributed by atoms with Gasteiger partial charge in [0.05, 0.1) is 11.3 Å². The van der Waals surface area contributed by atoms with Crippen molar-refractivity contribution in [1.82, 2.24) is 15.2 Å². The summed E-state index contributed by atoms with van der Waals surface area (Å²) in [5.41, 5.74) is 3.73. The molecule has 3 aromatic rings. The van der Waals surface area contributed by atoms with Crippen molar-refractivity contribution in [2.45, 2.75) is 38.3 Å². The minimum absolute atomic E-state index is 0.252. The first-order valence-corrected chi connectivity index (χ1v) is 11.5. The Balaban J connectivity index is 1.31. The van der Waals surface area contributed by atoms with E-state index in [4.69, 9.17) is 0 Å². The van der Waals surface area contributed by atoms with E-state index in [-0.39, 0.29) is 5.82 Å². The Morgan fingerprint density at radius 2 is 1.47 bits per heavy atom. The summed E-state index contributed by atoms with van der Waals surface area (Å²) >= 11 is 0. The zero-order valence-corrected chi connectivity index (χ0v) is 18.7. The monoisotopic (exact) mass is 471 g/mol. The molecule has 9 heteroatoms. The number of alkyl halides is 3. The highest BCUT2D eigenvalue weighted by Gasteiger charge is 2.31. The van der Waals surface area contributed by atoms with Gasteiger partial charge >= 0.3 is 6.18 Å². The second-order valence-electron chi connectivity index (χ2n) is 8.81. The van der Waals surface area contributed by atoms with Crippen LogP contribution in [0.15, 0.2) is 42.6 Å². The van der Waals surface area contributed by atoms with Gasteiger partial charge in [0, 0.05) is 44.4 Å². The molecule has 0 bridgehead atoms. The third kappa shape index (κ3) is 4.69. The van der Waals surface area contributed by atoms with Crippen LogP contribution in [0.1, 0.15) is 40.8 Å². The normalized spacial score (nSPS) is 16.5. The van der Waals surface area contributed by atoms with Crippen LogP contribution in [0.25, 0.3) is 0 Å². The predicted octanol–water partition coefficient (Wildman–Crippen LogP) is 4.83. The molecule has 2 aliphatic rings. The third-order valence-electron chi connectivity index (χ3n) is 6.61. The van der Waals surface area contributed by atoms with E-state index >= 15 is 0 Å². The van der Waals surface area contributed by atoms with Crippen molar-refractivity contribution >= 4 is 11.6 Å². The number of halogens is 4. The van der Waals surface area contributed by atoms with Crippen LogP contribution >= 0.6 is 0 Å². The molecule has 5 nitrogen and oxygen atoms in total. The summed E-state index contributed by atoms with van der Waals surface area (Å²) in [5, 5.41) is 9.19. The van der Waals surface area contributed by atoms with Gasteiger partial charge in [0.1, 0.15) is 11.6 Å². The summed E-state index contributed by atoms with van der Waals surface area (Å²) in [6.07, 6.45) is 1.28. The van der Waals surface area contributed by atoms with E-state index in [0.29, 0.717) is 38.4 Å². The highest BCUT2D eigenvalue weighted by atomic mass is 19.4. The quantitative estimate of drug-likeness (QED) is 0.511. The highest BCUT2D eigenvalue weighted by Crippen LogP contribution is 2.32. The van der Waals surface area contributed by atoms with Crippen LogP contribution in [0.5, 0.6) is 0 Å². The van der Waals surface area contributed by atoms with Crippen LogP contribution in [0.3, 0.4) is 0 Å². The van der Waals surface area contributed by atoms with Crippen molar-refractivity contribution in [3.63, 3.8) is 0 Å². The lowest BCUT2D eigenvalue weighted by atomic mass is 9.89. The van der Waals surface area contributed by atoms with Gasteiger partial charge in [0.15, 0.2) is 5.82 Å². The predicted molar refractivity (Wildman–Crippen MR) is 122 cm³/mol. The summed E-state index contributed by atoms with van der Waals surface area (Å²) in [6.45, 7) is 2.68. The first-order chi connectivity index (χ1) is 16.4. The maximum atomic E-state index is 13.3. The minimum atomic E-state index is -4.38.